The van der Waals surface area contributed by atoms with Gasteiger partial charge >= 0.3 is 12.1 Å². The molecule has 2 N–H and O–H groups in total. The molecular formula is C22H22N2O5S. The molecule has 1 atom stereocenters. The second-order valence-electron chi connectivity index (χ2n) is 7.22. The maximum Gasteiger partial charge on any atom is 0.407 e. The molecule has 2 amide bonds. The van der Waals surface area contributed by atoms with Crippen molar-refractivity contribution < 1.29 is 24.2 Å². The molecule has 0 spiro atoms. The zero-order valence-corrected chi connectivity index (χ0v) is 17.1. The smallest absolute Gasteiger partial charge is 0.407 e. The summed E-state index contributed by atoms with van der Waals surface area (Å²) in [5, 5.41) is 11.8. The molecule has 1 saturated heterocycles. The highest BCUT2D eigenvalue weighted by atomic mass is 32.2. The molecule has 1 heterocycles. The second-order valence-corrected chi connectivity index (χ2v) is 8.22. The molecule has 2 aromatic carbocycles. The minimum absolute atomic E-state index is 0.0252. The molecule has 0 saturated carbocycles. The van der Waals surface area contributed by atoms with Gasteiger partial charge in [-0.25, -0.2) is 9.59 Å². The number of rotatable bonds is 6. The number of alkyl carbamates (subject to hydrolysis) is 1. The van der Waals surface area contributed by atoms with E-state index in [1.54, 1.807) is 0 Å². The fourth-order valence-corrected chi connectivity index (χ4v) is 5.13. The number of nitrogens with one attached hydrogen (secondary N) is 1. The number of benzene rings is 2. The Balaban J connectivity index is 1.29. The summed E-state index contributed by atoms with van der Waals surface area (Å²) in [6, 6.07) is 15.4. The summed E-state index contributed by atoms with van der Waals surface area (Å²) in [5.41, 5.74) is 4.58. The number of carboxylic acid groups (broad SMARTS) is 1. The van der Waals surface area contributed by atoms with Crippen molar-refractivity contribution in [2.75, 3.05) is 24.8 Å². The maximum atomic E-state index is 12.2. The highest BCUT2D eigenvalue weighted by molar-refractivity contribution is 7.99. The van der Waals surface area contributed by atoms with Gasteiger partial charge in [0.25, 0.3) is 0 Å². The van der Waals surface area contributed by atoms with Crippen molar-refractivity contribution in [1.29, 1.82) is 0 Å². The Hall–Kier alpha value is -3.00. The van der Waals surface area contributed by atoms with Crippen LogP contribution < -0.4 is 5.32 Å². The van der Waals surface area contributed by atoms with Crippen LogP contribution in [-0.4, -0.2) is 58.8 Å². The standard InChI is InChI=1S/C22H22N2O5S/c25-20(24-13-30-12-19(24)21(26)27)9-10-23-22(28)29-11-18-16-7-3-1-5-14(16)15-6-2-4-8-17(15)18/h1-8,18-19H,9-13H2,(H,23,28)(H,26,27). The molecule has 2 aromatic rings. The molecule has 1 unspecified atom stereocenters. The van der Waals surface area contributed by atoms with E-state index in [2.05, 4.69) is 17.4 Å². The number of aliphatic carboxylic acids is 1. The van der Waals surface area contributed by atoms with Crippen molar-refractivity contribution in [3.05, 3.63) is 59.7 Å². The van der Waals surface area contributed by atoms with Crippen LogP contribution in [0.2, 0.25) is 0 Å². The van der Waals surface area contributed by atoms with Crippen LogP contribution in [0.1, 0.15) is 23.5 Å². The van der Waals surface area contributed by atoms with Crippen molar-refractivity contribution in [2.24, 2.45) is 0 Å². The van der Waals surface area contributed by atoms with Crippen LogP contribution in [0.5, 0.6) is 0 Å². The number of ether oxygens (including phenoxy) is 1. The first-order valence-corrected chi connectivity index (χ1v) is 10.9. The molecule has 1 aliphatic carbocycles. The summed E-state index contributed by atoms with van der Waals surface area (Å²) < 4.78 is 5.43. The van der Waals surface area contributed by atoms with Gasteiger partial charge in [0, 0.05) is 24.6 Å². The number of hydrogen-bond donors (Lipinski definition) is 2. The molecule has 4 rings (SSSR count). The zero-order valence-electron chi connectivity index (χ0n) is 16.2. The van der Waals surface area contributed by atoms with E-state index in [4.69, 9.17) is 9.84 Å². The largest absolute Gasteiger partial charge is 0.480 e. The Morgan fingerprint density at radius 2 is 1.70 bits per heavy atom. The summed E-state index contributed by atoms with van der Waals surface area (Å²) in [5.74, 6) is -0.561. The topological polar surface area (TPSA) is 95.9 Å². The fourth-order valence-electron chi connectivity index (χ4n) is 3.96. The molecule has 0 bridgehead atoms. The van der Waals surface area contributed by atoms with Crippen LogP contribution in [0, 0.1) is 0 Å². The number of hydrogen-bond acceptors (Lipinski definition) is 5. The molecule has 1 fully saturated rings. The van der Waals surface area contributed by atoms with Gasteiger partial charge in [-0.15, -0.1) is 11.8 Å². The van der Waals surface area contributed by atoms with Gasteiger partial charge in [0.1, 0.15) is 12.6 Å². The Morgan fingerprint density at radius 3 is 2.33 bits per heavy atom. The highest BCUT2D eigenvalue weighted by Crippen LogP contribution is 2.44. The lowest BCUT2D eigenvalue weighted by Crippen LogP contribution is -2.43. The lowest BCUT2D eigenvalue weighted by Gasteiger charge is -2.20. The number of amides is 2. The number of carboxylic acids is 1. The Morgan fingerprint density at radius 1 is 1.07 bits per heavy atom. The molecule has 156 valence electrons. The van der Waals surface area contributed by atoms with E-state index < -0.39 is 18.1 Å². The lowest BCUT2D eigenvalue weighted by atomic mass is 9.98. The summed E-state index contributed by atoms with van der Waals surface area (Å²) in [6.07, 6.45) is -0.551. The lowest BCUT2D eigenvalue weighted by molar-refractivity contribution is -0.147. The van der Waals surface area contributed by atoms with Crippen molar-refractivity contribution in [2.45, 2.75) is 18.4 Å². The van der Waals surface area contributed by atoms with Crippen LogP contribution in [0.3, 0.4) is 0 Å². The minimum atomic E-state index is -1.00. The zero-order chi connectivity index (χ0) is 21.1. The van der Waals surface area contributed by atoms with E-state index in [9.17, 15) is 14.4 Å². The monoisotopic (exact) mass is 426 g/mol. The number of carbonyl (C=O) groups is 3. The maximum absolute atomic E-state index is 12.2. The Labute approximate surface area is 178 Å². The third kappa shape index (κ3) is 4.00. The average Bonchev–Trinajstić information content (AvgIpc) is 3.36. The average molecular weight is 426 g/mol. The van der Waals surface area contributed by atoms with Gasteiger partial charge in [0.05, 0.1) is 5.88 Å². The van der Waals surface area contributed by atoms with Gasteiger partial charge in [-0.2, -0.15) is 0 Å². The number of fused-ring (bicyclic) bond motifs is 3. The predicted molar refractivity (Wildman–Crippen MR) is 113 cm³/mol. The Bertz CT molecular complexity index is 934. The summed E-state index contributed by atoms with van der Waals surface area (Å²) in [6.45, 7) is 0.306. The molecular weight excluding hydrogens is 404 g/mol. The van der Waals surface area contributed by atoms with Gasteiger partial charge in [-0.1, -0.05) is 48.5 Å². The Kier molecular flexibility index (Phi) is 5.94. The third-order valence-corrected chi connectivity index (χ3v) is 6.45. The highest BCUT2D eigenvalue weighted by Gasteiger charge is 2.34. The summed E-state index contributed by atoms with van der Waals surface area (Å²) in [4.78, 5) is 36.9. The van der Waals surface area contributed by atoms with Crippen LogP contribution in [0.4, 0.5) is 4.79 Å². The molecule has 7 nitrogen and oxygen atoms in total. The number of nitrogens with zero attached hydrogens (tertiary/aromatic N) is 1. The van der Waals surface area contributed by atoms with Gasteiger partial charge in [0.15, 0.2) is 0 Å². The van der Waals surface area contributed by atoms with Crippen molar-refractivity contribution in [3.63, 3.8) is 0 Å². The summed E-state index contributed by atoms with van der Waals surface area (Å²) >= 11 is 1.41. The van der Waals surface area contributed by atoms with Crippen LogP contribution in [0.25, 0.3) is 11.1 Å². The second kappa shape index (κ2) is 8.79. The molecule has 2 aliphatic rings. The SMILES string of the molecule is O=C(NCCC(=O)N1CSCC1C(=O)O)OCC1c2ccccc2-c2ccccc21. The van der Waals surface area contributed by atoms with Crippen LogP contribution in [0.15, 0.2) is 48.5 Å². The van der Waals surface area contributed by atoms with E-state index in [1.807, 2.05) is 36.4 Å². The van der Waals surface area contributed by atoms with Gasteiger partial charge in [-0.05, 0) is 22.3 Å². The predicted octanol–water partition coefficient (Wildman–Crippen LogP) is 2.90. The number of thioether (sulfide) groups is 1. The van der Waals surface area contributed by atoms with Gasteiger partial charge < -0.3 is 20.1 Å². The van der Waals surface area contributed by atoms with E-state index in [1.165, 1.54) is 16.7 Å². The van der Waals surface area contributed by atoms with Gasteiger partial charge in [0.2, 0.25) is 5.91 Å². The van der Waals surface area contributed by atoms with Crippen molar-refractivity contribution in [1.82, 2.24) is 10.2 Å². The van der Waals surface area contributed by atoms with E-state index in [0.717, 1.165) is 22.3 Å². The van der Waals surface area contributed by atoms with Crippen molar-refractivity contribution >= 4 is 29.7 Å². The normalized spacial score (nSPS) is 17.3. The van der Waals surface area contributed by atoms with Crippen molar-refractivity contribution in [3.8, 4) is 11.1 Å². The van der Waals surface area contributed by atoms with Crippen LogP contribution >= 0.6 is 11.8 Å². The van der Waals surface area contributed by atoms with Gasteiger partial charge in [-0.3, -0.25) is 4.79 Å². The molecule has 30 heavy (non-hydrogen) atoms. The third-order valence-electron chi connectivity index (χ3n) is 5.44. The first-order valence-electron chi connectivity index (χ1n) is 9.75. The van der Waals surface area contributed by atoms with Crippen LogP contribution in [-0.2, 0) is 14.3 Å². The molecule has 0 radical (unpaired) electrons. The molecule has 0 aromatic heterocycles. The number of carbonyl (C=O) groups excluding carboxylic acids is 2. The van der Waals surface area contributed by atoms with E-state index in [0.29, 0.717) is 11.6 Å². The summed E-state index contributed by atoms with van der Waals surface area (Å²) in [7, 11) is 0. The first kappa shape index (κ1) is 20.3. The van der Waals surface area contributed by atoms with E-state index in [-0.39, 0.29) is 31.4 Å². The quantitative estimate of drug-likeness (QED) is 0.737. The minimum Gasteiger partial charge on any atom is -0.480 e. The molecule has 8 heteroatoms. The fraction of sp³-hybridized carbons (Fsp3) is 0.318. The van der Waals surface area contributed by atoms with E-state index >= 15 is 0 Å². The molecule has 1 aliphatic heterocycles. The first-order chi connectivity index (χ1) is 14.6.